The molecular formula is C11H17N3OS. The minimum atomic E-state index is 0.0798. The second kappa shape index (κ2) is 8.13. The molecule has 0 atom stereocenters. The van der Waals surface area contributed by atoms with Crippen LogP contribution in [0.25, 0.3) is 0 Å². The smallest absolute Gasteiger partial charge is 0.230 e. The highest BCUT2D eigenvalue weighted by Crippen LogP contribution is 2.08. The van der Waals surface area contributed by atoms with E-state index >= 15 is 0 Å². The second-order valence-electron chi connectivity index (χ2n) is 3.27. The number of pyridine rings is 1. The van der Waals surface area contributed by atoms with Crippen molar-refractivity contribution in [1.82, 2.24) is 15.6 Å². The summed E-state index contributed by atoms with van der Waals surface area (Å²) in [5.41, 5.74) is 1.01. The summed E-state index contributed by atoms with van der Waals surface area (Å²) in [6.45, 7) is 1.48. The van der Waals surface area contributed by atoms with E-state index < -0.39 is 0 Å². The Morgan fingerprint density at radius 2 is 2.31 bits per heavy atom. The van der Waals surface area contributed by atoms with Crippen molar-refractivity contribution in [2.24, 2.45) is 0 Å². The predicted octanol–water partition coefficient (Wildman–Crippen LogP) is 0.650. The molecule has 1 aromatic heterocycles. The van der Waals surface area contributed by atoms with Crippen molar-refractivity contribution in [3.8, 4) is 0 Å². The Kier molecular flexibility index (Phi) is 6.60. The molecule has 0 bridgehead atoms. The Labute approximate surface area is 100 Å². The molecule has 4 nitrogen and oxygen atoms in total. The van der Waals surface area contributed by atoms with Crippen molar-refractivity contribution in [2.45, 2.75) is 5.75 Å². The highest BCUT2D eigenvalue weighted by molar-refractivity contribution is 7.99. The lowest BCUT2D eigenvalue weighted by Gasteiger charge is -2.04. The molecular weight excluding hydrogens is 222 g/mol. The van der Waals surface area contributed by atoms with Gasteiger partial charge in [-0.25, -0.2) is 0 Å². The summed E-state index contributed by atoms with van der Waals surface area (Å²) in [5.74, 6) is 1.34. The van der Waals surface area contributed by atoms with Gasteiger partial charge in [-0.1, -0.05) is 6.07 Å². The summed E-state index contributed by atoms with van der Waals surface area (Å²) >= 11 is 1.58. The number of nitrogens with one attached hydrogen (secondary N) is 2. The van der Waals surface area contributed by atoms with Crippen molar-refractivity contribution >= 4 is 17.7 Å². The number of hydrogen-bond donors (Lipinski definition) is 2. The normalized spacial score (nSPS) is 10.1. The standard InChI is InChI=1S/C11H17N3OS/c1-12-6-7-14-11(15)9-16-8-10-4-2-3-5-13-10/h2-5,12H,6-9H2,1H3,(H,14,15). The zero-order valence-electron chi connectivity index (χ0n) is 9.40. The molecule has 88 valence electrons. The zero-order chi connectivity index (χ0) is 11.6. The fourth-order valence-electron chi connectivity index (χ4n) is 1.11. The van der Waals surface area contributed by atoms with Crippen molar-refractivity contribution in [3.05, 3.63) is 30.1 Å². The van der Waals surface area contributed by atoms with E-state index in [2.05, 4.69) is 15.6 Å². The van der Waals surface area contributed by atoms with Crippen molar-refractivity contribution in [2.75, 3.05) is 25.9 Å². The topological polar surface area (TPSA) is 54.0 Å². The van der Waals surface area contributed by atoms with Gasteiger partial charge in [0.15, 0.2) is 0 Å². The Bertz CT molecular complexity index is 305. The maximum absolute atomic E-state index is 11.3. The highest BCUT2D eigenvalue weighted by Gasteiger charge is 2.01. The van der Waals surface area contributed by atoms with Crippen molar-refractivity contribution < 1.29 is 4.79 Å². The summed E-state index contributed by atoms with van der Waals surface area (Å²) in [5, 5.41) is 5.80. The Balaban J connectivity index is 2.09. The van der Waals surface area contributed by atoms with E-state index in [4.69, 9.17) is 0 Å². The maximum Gasteiger partial charge on any atom is 0.230 e. The third kappa shape index (κ3) is 5.72. The lowest BCUT2D eigenvalue weighted by molar-refractivity contribution is -0.118. The van der Waals surface area contributed by atoms with Gasteiger partial charge in [0.2, 0.25) is 5.91 Å². The minimum Gasteiger partial charge on any atom is -0.354 e. The SMILES string of the molecule is CNCCNC(=O)CSCc1ccccn1. The van der Waals surface area contributed by atoms with Crippen LogP contribution in [0.3, 0.4) is 0 Å². The van der Waals surface area contributed by atoms with Crippen LogP contribution in [0.1, 0.15) is 5.69 Å². The number of carbonyl (C=O) groups excluding carboxylic acids is 1. The molecule has 2 N–H and O–H groups in total. The molecule has 1 amide bonds. The number of likely N-dealkylation sites (N-methyl/N-ethyl adjacent to an activating group) is 1. The van der Waals surface area contributed by atoms with Crippen molar-refractivity contribution in [1.29, 1.82) is 0 Å². The molecule has 0 fully saturated rings. The average molecular weight is 239 g/mol. The molecule has 5 heteroatoms. The van der Waals surface area contributed by atoms with Crippen LogP contribution in [0.15, 0.2) is 24.4 Å². The van der Waals surface area contributed by atoms with Crippen molar-refractivity contribution in [3.63, 3.8) is 0 Å². The number of amides is 1. The molecule has 0 aliphatic carbocycles. The molecule has 0 unspecified atom stereocenters. The highest BCUT2D eigenvalue weighted by atomic mass is 32.2. The molecule has 0 aromatic carbocycles. The van der Waals surface area contributed by atoms with Crippen LogP contribution in [0.4, 0.5) is 0 Å². The van der Waals surface area contributed by atoms with Gasteiger partial charge in [0.25, 0.3) is 0 Å². The molecule has 0 radical (unpaired) electrons. The number of thioether (sulfide) groups is 1. The fourth-order valence-corrected chi connectivity index (χ4v) is 1.88. The zero-order valence-corrected chi connectivity index (χ0v) is 10.2. The number of nitrogens with zero attached hydrogens (tertiary/aromatic N) is 1. The van der Waals surface area contributed by atoms with E-state index in [0.29, 0.717) is 12.3 Å². The number of aromatic nitrogens is 1. The van der Waals surface area contributed by atoms with Gasteiger partial charge in [0, 0.05) is 25.0 Å². The molecule has 1 aromatic rings. The molecule has 1 heterocycles. The first-order valence-corrected chi connectivity index (χ1v) is 6.37. The third-order valence-electron chi connectivity index (χ3n) is 1.91. The summed E-state index contributed by atoms with van der Waals surface area (Å²) in [6, 6.07) is 5.81. The lowest BCUT2D eigenvalue weighted by atomic mass is 10.4. The molecule has 1 rings (SSSR count). The van der Waals surface area contributed by atoms with E-state index in [1.807, 2.05) is 25.2 Å². The van der Waals surface area contributed by atoms with Crippen LogP contribution in [0.5, 0.6) is 0 Å². The number of rotatable bonds is 7. The Morgan fingerprint density at radius 3 is 3.00 bits per heavy atom. The van der Waals surface area contributed by atoms with Gasteiger partial charge < -0.3 is 10.6 Å². The van der Waals surface area contributed by atoms with Crippen LogP contribution in [0.2, 0.25) is 0 Å². The van der Waals surface area contributed by atoms with Crippen LogP contribution in [0, 0.1) is 0 Å². The van der Waals surface area contributed by atoms with Crippen LogP contribution < -0.4 is 10.6 Å². The molecule has 16 heavy (non-hydrogen) atoms. The molecule has 0 aliphatic rings. The van der Waals surface area contributed by atoms with Gasteiger partial charge in [0.05, 0.1) is 11.4 Å². The van der Waals surface area contributed by atoms with Gasteiger partial charge in [0.1, 0.15) is 0 Å². The van der Waals surface area contributed by atoms with Crippen LogP contribution in [-0.4, -0.2) is 36.8 Å². The molecule has 0 aliphatic heterocycles. The summed E-state index contributed by atoms with van der Waals surface area (Å²) in [7, 11) is 1.86. The predicted molar refractivity (Wildman–Crippen MR) is 67.3 cm³/mol. The van der Waals surface area contributed by atoms with E-state index in [1.165, 1.54) is 0 Å². The maximum atomic E-state index is 11.3. The van der Waals surface area contributed by atoms with Crippen LogP contribution in [-0.2, 0) is 10.5 Å². The number of carbonyl (C=O) groups is 1. The van der Waals surface area contributed by atoms with E-state index in [0.717, 1.165) is 18.0 Å². The van der Waals surface area contributed by atoms with Crippen LogP contribution >= 0.6 is 11.8 Å². The van der Waals surface area contributed by atoms with Gasteiger partial charge in [-0.2, -0.15) is 0 Å². The van der Waals surface area contributed by atoms with E-state index in [9.17, 15) is 4.79 Å². The molecule has 0 saturated carbocycles. The Morgan fingerprint density at radius 1 is 1.44 bits per heavy atom. The first-order valence-electron chi connectivity index (χ1n) is 5.22. The van der Waals surface area contributed by atoms with Gasteiger partial charge in [-0.15, -0.1) is 11.8 Å². The summed E-state index contributed by atoms with van der Waals surface area (Å²) in [6.07, 6.45) is 1.77. The quantitative estimate of drug-likeness (QED) is 0.686. The second-order valence-corrected chi connectivity index (χ2v) is 4.25. The summed E-state index contributed by atoms with van der Waals surface area (Å²) in [4.78, 5) is 15.5. The molecule has 0 saturated heterocycles. The first kappa shape index (κ1) is 13.0. The first-order chi connectivity index (χ1) is 7.83. The van der Waals surface area contributed by atoms with Gasteiger partial charge in [-0.3, -0.25) is 9.78 Å². The number of hydrogen-bond acceptors (Lipinski definition) is 4. The Hall–Kier alpha value is -1.07. The minimum absolute atomic E-state index is 0.0798. The fraction of sp³-hybridized carbons (Fsp3) is 0.455. The van der Waals surface area contributed by atoms with Gasteiger partial charge >= 0.3 is 0 Å². The third-order valence-corrected chi connectivity index (χ3v) is 2.87. The largest absolute Gasteiger partial charge is 0.354 e. The summed E-state index contributed by atoms with van der Waals surface area (Å²) < 4.78 is 0. The average Bonchev–Trinajstić information content (AvgIpc) is 2.31. The monoisotopic (exact) mass is 239 g/mol. The van der Waals surface area contributed by atoms with E-state index in [-0.39, 0.29) is 5.91 Å². The van der Waals surface area contributed by atoms with Gasteiger partial charge in [-0.05, 0) is 19.2 Å². The van der Waals surface area contributed by atoms with E-state index in [1.54, 1.807) is 18.0 Å². The lowest BCUT2D eigenvalue weighted by Crippen LogP contribution is -2.31. The molecule has 0 spiro atoms.